The maximum absolute atomic E-state index is 13.1. The average Bonchev–Trinajstić information content (AvgIpc) is 3.06. The number of fused-ring (bicyclic) bond motifs is 1. The molecule has 2 aromatic rings. The Balaban J connectivity index is 1.77. The van der Waals surface area contributed by atoms with Gasteiger partial charge in [0, 0.05) is 28.9 Å². The number of unbranched alkanes of at least 4 members (excludes halogenated alkanes) is 1. The van der Waals surface area contributed by atoms with Crippen molar-refractivity contribution >= 4 is 29.1 Å². The van der Waals surface area contributed by atoms with Crippen molar-refractivity contribution in [3.05, 3.63) is 52.3 Å². The summed E-state index contributed by atoms with van der Waals surface area (Å²) in [5.41, 5.74) is 3.34. The smallest absolute Gasteiger partial charge is 0.268 e. The van der Waals surface area contributed by atoms with Crippen LogP contribution < -0.4 is 10.6 Å². The molecule has 0 fully saturated rings. The molecule has 0 saturated heterocycles. The number of hydrogen-bond donors (Lipinski definition) is 3. The van der Waals surface area contributed by atoms with Gasteiger partial charge < -0.3 is 15.6 Å². The number of Topliss-reactive ketones (excluding diaryl/α,β-unsaturated/α-hetero) is 2. The van der Waals surface area contributed by atoms with E-state index in [2.05, 4.69) is 15.6 Å². The van der Waals surface area contributed by atoms with Gasteiger partial charge in [0.25, 0.3) is 5.91 Å². The molecule has 1 atom stereocenters. The summed E-state index contributed by atoms with van der Waals surface area (Å²) in [7, 11) is 0. The Morgan fingerprint density at radius 1 is 1.12 bits per heavy atom. The van der Waals surface area contributed by atoms with E-state index in [9.17, 15) is 19.2 Å². The number of anilines is 1. The van der Waals surface area contributed by atoms with E-state index in [1.165, 1.54) is 6.92 Å². The fourth-order valence-corrected chi connectivity index (χ4v) is 4.38. The Morgan fingerprint density at radius 3 is 2.39 bits per heavy atom. The number of amides is 2. The van der Waals surface area contributed by atoms with Gasteiger partial charge in [0.15, 0.2) is 11.6 Å². The minimum Gasteiger partial charge on any atom is -0.354 e. The first-order valence-corrected chi connectivity index (χ1v) is 11.5. The molecule has 0 saturated carbocycles. The third-order valence-corrected chi connectivity index (χ3v) is 6.16. The normalized spacial score (nSPS) is 15.5. The van der Waals surface area contributed by atoms with Crippen LogP contribution in [0, 0.1) is 12.3 Å². The molecule has 0 radical (unpaired) electrons. The first-order chi connectivity index (χ1) is 15.5. The zero-order valence-electron chi connectivity index (χ0n) is 20.1. The lowest BCUT2D eigenvalue weighted by atomic mass is 9.75. The number of H-pyrrole nitrogens is 1. The zero-order valence-corrected chi connectivity index (χ0v) is 20.1. The summed E-state index contributed by atoms with van der Waals surface area (Å²) >= 11 is 0. The van der Waals surface area contributed by atoms with Gasteiger partial charge >= 0.3 is 0 Å². The number of carbonyl (C=O) groups excluding carboxylic acids is 4. The third kappa shape index (κ3) is 5.59. The maximum atomic E-state index is 13.1. The largest absolute Gasteiger partial charge is 0.354 e. The summed E-state index contributed by atoms with van der Waals surface area (Å²) < 4.78 is 0. The molecule has 0 bridgehead atoms. The molecule has 1 aliphatic rings. The Bertz CT molecular complexity index is 1080. The Morgan fingerprint density at radius 2 is 1.79 bits per heavy atom. The quantitative estimate of drug-likeness (QED) is 0.509. The predicted octanol–water partition coefficient (Wildman–Crippen LogP) is 4.61. The van der Waals surface area contributed by atoms with E-state index in [0.29, 0.717) is 47.3 Å². The van der Waals surface area contributed by atoms with Crippen LogP contribution in [0.1, 0.15) is 95.8 Å². The van der Waals surface area contributed by atoms with E-state index in [-0.39, 0.29) is 22.9 Å². The molecular formula is C26H33N3O4. The van der Waals surface area contributed by atoms with Crippen molar-refractivity contribution in [1.29, 1.82) is 0 Å². The van der Waals surface area contributed by atoms with Crippen LogP contribution in [0.5, 0.6) is 0 Å². The van der Waals surface area contributed by atoms with Gasteiger partial charge in [-0.1, -0.05) is 33.6 Å². The van der Waals surface area contributed by atoms with Crippen LogP contribution in [0.25, 0.3) is 0 Å². The maximum Gasteiger partial charge on any atom is 0.268 e. The number of hydrogen-bond acceptors (Lipinski definition) is 4. The van der Waals surface area contributed by atoms with E-state index < -0.39 is 11.9 Å². The molecule has 0 aliphatic heterocycles. The molecule has 7 nitrogen and oxygen atoms in total. The van der Waals surface area contributed by atoms with Crippen LogP contribution in [-0.4, -0.2) is 34.4 Å². The van der Waals surface area contributed by atoms with Crippen molar-refractivity contribution in [1.82, 2.24) is 10.3 Å². The van der Waals surface area contributed by atoms with Crippen LogP contribution in [0.2, 0.25) is 0 Å². The number of nitrogens with one attached hydrogen (secondary N) is 3. The molecule has 33 heavy (non-hydrogen) atoms. The van der Waals surface area contributed by atoms with E-state index in [4.69, 9.17) is 0 Å². The van der Waals surface area contributed by atoms with Crippen molar-refractivity contribution in [2.45, 2.75) is 72.8 Å². The van der Waals surface area contributed by atoms with Crippen molar-refractivity contribution < 1.29 is 19.2 Å². The van der Waals surface area contributed by atoms with Crippen LogP contribution in [0.3, 0.4) is 0 Å². The second kappa shape index (κ2) is 9.73. The van der Waals surface area contributed by atoms with Gasteiger partial charge in [-0.15, -0.1) is 0 Å². The zero-order chi connectivity index (χ0) is 24.3. The molecule has 3 N–H and O–H groups in total. The van der Waals surface area contributed by atoms with E-state index in [1.807, 2.05) is 20.8 Å². The Labute approximate surface area is 194 Å². The van der Waals surface area contributed by atoms with Gasteiger partial charge in [0.05, 0.1) is 0 Å². The lowest BCUT2D eigenvalue weighted by Gasteiger charge is -2.28. The Kier molecular flexibility index (Phi) is 7.20. The Hall–Kier alpha value is -3.22. The molecule has 1 aromatic heterocycles. The fraction of sp³-hybridized carbons (Fsp3) is 0.462. The molecule has 3 rings (SSSR count). The van der Waals surface area contributed by atoms with Crippen molar-refractivity contribution in [3.63, 3.8) is 0 Å². The van der Waals surface area contributed by atoms with E-state index in [1.54, 1.807) is 31.2 Å². The number of aromatic amines is 1. The van der Waals surface area contributed by atoms with Crippen molar-refractivity contribution in [3.8, 4) is 0 Å². The summed E-state index contributed by atoms with van der Waals surface area (Å²) in [5.74, 6) is -0.718. The highest BCUT2D eigenvalue weighted by Crippen LogP contribution is 2.36. The fourth-order valence-electron chi connectivity index (χ4n) is 4.38. The lowest BCUT2D eigenvalue weighted by Crippen LogP contribution is -2.44. The SMILES string of the molecule is CCCCC(NC(=O)c1[nH]c2c(c1C)C(=O)CC(C)(C)C2)C(=O)Nc1ccc(C(C)=O)cc1. The molecule has 1 aromatic carbocycles. The topological polar surface area (TPSA) is 108 Å². The van der Waals surface area contributed by atoms with Crippen molar-refractivity contribution in [2.75, 3.05) is 5.32 Å². The number of aromatic nitrogens is 1. The second-order valence-electron chi connectivity index (χ2n) is 9.71. The minimum absolute atomic E-state index is 0.0448. The minimum atomic E-state index is -0.725. The van der Waals surface area contributed by atoms with Crippen LogP contribution in [0.4, 0.5) is 5.69 Å². The molecule has 1 heterocycles. The molecular weight excluding hydrogens is 418 g/mol. The van der Waals surface area contributed by atoms with Gasteiger partial charge in [0.1, 0.15) is 11.7 Å². The predicted molar refractivity (Wildman–Crippen MR) is 128 cm³/mol. The number of carbonyl (C=O) groups is 4. The summed E-state index contributed by atoms with van der Waals surface area (Å²) in [6, 6.07) is 5.93. The first-order valence-electron chi connectivity index (χ1n) is 11.5. The average molecular weight is 452 g/mol. The number of ketones is 2. The van der Waals surface area contributed by atoms with Gasteiger partial charge in [-0.05, 0) is 61.9 Å². The standard InChI is InChI=1S/C26H33N3O4/c1-6-7-8-19(24(32)27-18-11-9-17(10-12-18)16(3)30)29-25(33)23-15(2)22-20(28-23)13-26(4,5)14-21(22)31/h9-12,19,28H,6-8,13-14H2,1-5H3,(H,27,32)(H,29,33). The molecule has 176 valence electrons. The van der Waals surface area contributed by atoms with E-state index in [0.717, 1.165) is 18.5 Å². The second-order valence-corrected chi connectivity index (χ2v) is 9.71. The summed E-state index contributed by atoms with van der Waals surface area (Å²) in [6.45, 7) is 9.36. The van der Waals surface area contributed by atoms with Gasteiger partial charge in [-0.2, -0.15) is 0 Å². The molecule has 7 heteroatoms. The highest BCUT2D eigenvalue weighted by molar-refractivity contribution is 6.06. The van der Waals surface area contributed by atoms with Gasteiger partial charge in [-0.25, -0.2) is 0 Å². The molecule has 1 unspecified atom stereocenters. The number of benzene rings is 1. The van der Waals surface area contributed by atoms with Crippen LogP contribution >= 0.6 is 0 Å². The highest BCUT2D eigenvalue weighted by Gasteiger charge is 2.35. The molecule has 0 spiro atoms. The van der Waals surface area contributed by atoms with Crippen LogP contribution in [0.15, 0.2) is 24.3 Å². The highest BCUT2D eigenvalue weighted by atomic mass is 16.2. The monoisotopic (exact) mass is 451 g/mol. The molecule has 2 amide bonds. The van der Waals surface area contributed by atoms with Crippen LogP contribution in [-0.2, 0) is 11.2 Å². The molecule has 1 aliphatic carbocycles. The van der Waals surface area contributed by atoms with Gasteiger partial charge in [-0.3, -0.25) is 19.2 Å². The summed E-state index contributed by atoms with van der Waals surface area (Å²) in [4.78, 5) is 53.4. The van der Waals surface area contributed by atoms with Gasteiger partial charge in [0.2, 0.25) is 5.91 Å². The first kappa shape index (κ1) is 24.4. The van der Waals surface area contributed by atoms with Crippen molar-refractivity contribution in [2.24, 2.45) is 5.41 Å². The number of rotatable bonds is 8. The summed E-state index contributed by atoms with van der Waals surface area (Å²) in [5, 5.41) is 5.68. The third-order valence-electron chi connectivity index (χ3n) is 6.16. The lowest BCUT2D eigenvalue weighted by molar-refractivity contribution is -0.118. The van der Waals surface area contributed by atoms with E-state index >= 15 is 0 Å². The summed E-state index contributed by atoms with van der Waals surface area (Å²) in [6.07, 6.45) is 3.29.